The zero-order chi connectivity index (χ0) is 22.9. The summed E-state index contributed by atoms with van der Waals surface area (Å²) in [6.45, 7) is 6.63. The number of hydrogen-bond donors (Lipinski definition) is 1. The van der Waals surface area contributed by atoms with Gasteiger partial charge in [-0.1, -0.05) is 42.5 Å². The number of carbonyl (C=O) groups excluding carboxylic acids is 2. The highest BCUT2D eigenvalue weighted by Crippen LogP contribution is 2.32. The van der Waals surface area contributed by atoms with Crippen molar-refractivity contribution < 1.29 is 19.1 Å². The molecule has 1 N–H and O–H groups in total. The lowest BCUT2D eigenvalue weighted by Crippen LogP contribution is -2.14. The summed E-state index contributed by atoms with van der Waals surface area (Å²) < 4.78 is 11.2. The van der Waals surface area contributed by atoms with Crippen LogP contribution in [0.2, 0.25) is 0 Å². The van der Waals surface area contributed by atoms with Gasteiger partial charge in [-0.05, 0) is 61.7 Å². The van der Waals surface area contributed by atoms with Gasteiger partial charge in [-0.15, -0.1) is 0 Å². The van der Waals surface area contributed by atoms with Crippen LogP contribution in [-0.2, 0) is 4.79 Å². The second-order valence-corrected chi connectivity index (χ2v) is 7.40. The molecule has 0 aliphatic heterocycles. The lowest BCUT2D eigenvalue weighted by Gasteiger charge is -2.14. The summed E-state index contributed by atoms with van der Waals surface area (Å²) in [5.41, 5.74) is 4.16. The second kappa shape index (κ2) is 11.1. The number of aryl methyl sites for hydroxylation is 1. The molecule has 0 aliphatic rings. The summed E-state index contributed by atoms with van der Waals surface area (Å²) in [5, 5.41) is 2.90. The van der Waals surface area contributed by atoms with Gasteiger partial charge in [-0.3, -0.25) is 9.59 Å². The van der Waals surface area contributed by atoms with Crippen molar-refractivity contribution >= 4 is 17.4 Å². The Morgan fingerprint density at radius 2 is 1.44 bits per heavy atom. The normalized spacial score (nSPS) is 10.5. The van der Waals surface area contributed by atoms with Gasteiger partial charge >= 0.3 is 0 Å². The Labute approximate surface area is 189 Å². The molecule has 0 atom stereocenters. The van der Waals surface area contributed by atoms with E-state index in [1.165, 1.54) is 0 Å². The molecule has 166 valence electrons. The van der Waals surface area contributed by atoms with Gasteiger partial charge in [0, 0.05) is 24.1 Å². The molecule has 5 heteroatoms. The highest BCUT2D eigenvalue weighted by atomic mass is 16.5. The Balaban J connectivity index is 1.64. The van der Waals surface area contributed by atoms with Crippen LogP contribution in [0, 0.1) is 6.92 Å². The van der Waals surface area contributed by atoms with Crippen LogP contribution in [0.5, 0.6) is 11.5 Å². The highest BCUT2D eigenvalue weighted by molar-refractivity contribution is 6.01. The van der Waals surface area contributed by atoms with Crippen LogP contribution < -0.4 is 14.8 Å². The average Bonchev–Trinajstić information content (AvgIpc) is 2.80. The third-order valence-electron chi connectivity index (χ3n) is 5.02. The van der Waals surface area contributed by atoms with E-state index in [4.69, 9.17) is 9.47 Å². The predicted molar refractivity (Wildman–Crippen MR) is 128 cm³/mol. The first-order chi connectivity index (χ1) is 15.5. The first-order valence-electron chi connectivity index (χ1n) is 10.9. The molecule has 0 heterocycles. The molecule has 3 aromatic carbocycles. The van der Waals surface area contributed by atoms with Crippen molar-refractivity contribution in [3.8, 4) is 22.6 Å². The van der Waals surface area contributed by atoms with Gasteiger partial charge in [0.1, 0.15) is 0 Å². The van der Waals surface area contributed by atoms with Crippen molar-refractivity contribution in [2.45, 2.75) is 33.6 Å². The van der Waals surface area contributed by atoms with Crippen molar-refractivity contribution in [3.05, 3.63) is 77.9 Å². The molecule has 0 bridgehead atoms. The molecule has 0 radical (unpaired) electrons. The maximum atomic E-state index is 12.8. The van der Waals surface area contributed by atoms with E-state index in [1.54, 1.807) is 6.07 Å². The first kappa shape index (κ1) is 23.1. The summed E-state index contributed by atoms with van der Waals surface area (Å²) in [6, 6.07) is 21.2. The fraction of sp³-hybridized carbons (Fsp3) is 0.259. The molecule has 0 spiro atoms. The Morgan fingerprint density at radius 1 is 0.781 bits per heavy atom. The van der Waals surface area contributed by atoms with Gasteiger partial charge in [-0.2, -0.15) is 0 Å². The summed E-state index contributed by atoms with van der Waals surface area (Å²) in [6.07, 6.45) is 0.218. The molecule has 0 saturated heterocycles. The van der Waals surface area contributed by atoms with Crippen molar-refractivity contribution in [2.24, 2.45) is 0 Å². The van der Waals surface area contributed by atoms with Crippen molar-refractivity contribution in [1.29, 1.82) is 0 Å². The zero-order valence-electron chi connectivity index (χ0n) is 18.8. The molecule has 3 aromatic rings. The number of amides is 1. The fourth-order valence-corrected chi connectivity index (χ4v) is 3.49. The van der Waals surface area contributed by atoms with E-state index in [-0.39, 0.29) is 24.5 Å². The first-order valence-corrected chi connectivity index (χ1v) is 10.9. The zero-order valence-corrected chi connectivity index (χ0v) is 18.8. The van der Waals surface area contributed by atoms with E-state index in [0.717, 1.165) is 16.7 Å². The average molecular weight is 432 g/mol. The number of Topliss-reactive ketones (excluding diaryl/α,β-unsaturated/α-hetero) is 1. The van der Waals surface area contributed by atoms with Crippen LogP contribution in [0.15, 0.2) is 66.7 Å². The maximum Gasteiger partial charge on any atom is 0.224 e. The minimum absolute atomic E-state index is 0.0975. The Morgan fingerprint density at radius 3 is 2.12 bits per heavy atom. The SMILES string of the molecule is CCOc1cc(C)c(C(=O)CCC(=O)Nc2cccc(-c3ccccc3)c2)cc1OCC. The van der Waals surface area contributed by atoms with Gasteiger partial charge in [0.15, 0.2) is 17.3 Å². The number of ketones is 1. The smallest absolute Gasteiger partial charge is 0.224 e. The monoisotopic (exact) mass is 431 g/mol. The van der Waals surface area contributed by atoms with Crippen LogP contribution in [0.25, 0.3) is 11.1 Å². The maximum absolute atomic E-state index is 12.8. The Hall–Kier alpha value is -3.60. The van der Waals surface area contributed by atoms with Crippen LogP contribution >= 0.6 is 0 Å². The third-order valence-corrected chi connectivity index (χ3v) is 5.02. The number of carbonyl (C=O) groups is 2. The quantitative estimate of drug-likeness (QED) is 0.396. The molecule has 0 saturated carbocycles. The molecular formula is C27H29NO4. The number of nitrogens with one attached hydrogen (secondary N) is 1. The van der Waals surface area contributed by atoms with E-state index in [1.807, 2.05) is 81.4 Å². The van der Waals surface area contributed by atoms with Gasteiger partial charge in [0.25, 0.3) is 0 Å². The molecule has 0 aliphatic carbocycles. The van der Waals surface area contributed by atoms with Gasteiger partial charge in [0.05, 0.1) is 13.2 Å². The van der Waals surface area contributed by atoms with Gasteiger partial charge in [0.2, 0.25) is 5.91 Å². The van der Waals surface area contributed by atoms with Crippen LogP contribution in [0.3, 0.4) is 0 Å². The number of anilines is 1. The minimum Gasteiger partial charge on any atom is -0.490 e. The number of hydrogen-bond acceptors (Lipinski definition) is 4. The Bertz CT molecular complexity index is 1080. The Kier molecular flexibility index (Phi) is 8.03. The summed E-state index contributed by atoms with van der Waals surface area (Å²) >= 11 is 0. The van der Waals surface area contributed by atoms with E-state index in [0.29, 0.717) is 36.0 Å². The number of benzene rings is 3. The lowest BCUT2D eigenvalue weighted by atomic mass is 10.00. The largest absolute Gasteiger partial charge is 0.490 e. The lowest BCUT2D eigenvalue weighted by molar-refractivity contribution is -0.116. The van der Waals surface area contributed by atoms with Crippen molar-refractivity contribution in [1.82, 2.24) is 0 Å². The van der Waals surface area contributed by atoms with E-state index in [9.17, 15) is 9.59 Å². The highest BCUT2D eigenvalue weighted by Gasteiger charge is 2.16. The molecular weight excluding hydrogens is 402 g/mol. The van der Waals surface area contributed by atoms with E-state index in [2.05, 4.69) is 5.32 Å². The van der Waals surface area contributed by atoms with Crippen molar-refractivity contribution in [3.63, 3.8) is 0 Å². The van der Waals surface area contributed by atoms with Gasteiger partial charge < -0.3 is 14.8 Å². The standard InChI is InChI=1S/C27H29NO4/c1-4-31-25-16-19(3)23(18-26(25)32-5-2)24(29)14-15-27(30)28-22-13-9-12-21(17-22)20-10-7-6-8-11-20/h6-13,16-18H,4-5,14-15H2,1-3H3,(H,28,30). The number of rotatable bonds is 10. The minimum atomic E-state index is -0.197. The molecule has 0 fully saturated rings. The van der Waals surface area contributed by atoms with E-state index >= 15 is 0 Å². The summed E-state index contributed by atoms with van der Waals surface area (Å²) in [4.78, 5) is 25.3. The third kappa shape index (κ3) is 5.97. The van der Waals surface area contributed by atoms with Crippen LogP contribution in [0.1, 0.15) is 42.6 Å². The second-order valence-electron chi connectivity index (χ2n) is 7.40. The molecule has 1 amide bonds. The topological polar surface area (TPSA) is 64.6 Å². The van der Waals surface area contributed by atoms with Gasteiger partial charge in [-0.25, -0.2) is 0 Å². The van der Waals surface area contributed by atoms with E-state index < -0.39 is 0 Å². The molecule has 5 nitrogen and oxygen atoms in total. The molecule has 0 aromatic heterocycles. The predicted octanol–water partition coefficient (Wildman–Crippen LogP) is 6.06. The number of ether oxygens (including phenoxy) is 2. The van der Waals surface area contributed by atoms with Crippen LogP contribution in [-0.4, -0.2) is 24.9 Å². The van der Waals surface area contributed by atoms with Crippen LogP contribution in [0.4, 0.5) is 5.69 Å². The summed E-state index contributed by atoms with van der Waals surface area (Å²) in [7, 11) is 0. The fourth-order valence-electron chi connectivity index (χ4n) is 3.49. The molecule has 32 heavy (non-hydrogen) atoms. The molecule has 0 unspecified atom stereocenters. The molecule has 3 rings (SSSR count). The summed E-state index contributed by atoms with van der Waals surface area (Å²) in [5.74, 6) is 0.877. The van der Waals surface area contributed by atoms with Crippen molar-refractivity contribution in [2.75, 3.05) is 18.5 Å².